The van der Waals surface area contributed by atoms with E-state index in [2.05, 4.69) is 15.9 Å². The zero-order chi connectivity index (χ0) is 14.0. The minimum Gasteiger partial charge on any atom is -0.335 e. The molecule has 20 heavy (non-hydrogen) atoms. The van der Waals surface area contributed by atoms with Crippen LogP contribution >= 0.6 is 28.3 Å². The van der Waals surface area contributed by atoms with Gasteiger partial charge in [-0.3, -0.25) is 4.79 Å². The van der Waals surface area contributed by atoms with Gasteiger partial charge in [-0.15, -0.1) is 12.4 Å². The van der Waals surface area contributed by atoms with E-state index in [-0.39, 0.29) is 36.1 Å². The third-order valence-electron chi connectivity index (χ3n) is 3.39. The maximum atomic E-state index is 13.8. The molecular weight excluding hydrogens is 347 g/mol. The van der Waals surface area contributed by atoms with Crippen LogP contribution in [0.5, 0.6) is 0 Å². The van der Waals surface area contributed by atoms with E-state index in [0.29, 0.717) is 18.7 Å². The Balaban J connectivity index is 0.00000200. The molecule has 1 aromatic carbocycles. The summed E-state index contributed by atoms with van der Waals surface area (Å²) in [6.07, 6.45) is 2.00. The third-order valence-corrected chi connectivity index (χ3v) is 3.89. The number of halogens is 3. The van der Waals surface area contributed by atoms with Crippen molar-refractivity contribution in [2.75, 3.05) is 6.54 Å². The molecular formula is C14H19BrClFN2O. The zero-order valence-corrected chi connectivity index (χ0v) is 13.7. The van der Waals surface area contributed by atoms with E-state index in [9.17, 15) is 9.18 Å². The third kappa shape index (κ3) is 4.17. The Morgan fingerprint density at radius 2 is 2.20 bits per heavy atom. The van der Waals surface area contributed by atoms with Gasteiger partial charge in [0, 0.05) is 35.1 Å². The fourth-order valence-electron chi connectivity index (χ4n) is 2.01. The Kier molecular flexibility index (Phi) is 6.43. The number of carbonyl (C=O) groups excluding carboxylic acids is 1. The molecule has 2 N–H and O–H groups in total. The van der Waals surface area contributed by atoms with Crippen LogP contribution in [0.25, 0.3) is 0 Å². The molecule has 0 aliphatic heterocycles. The molecule has 0 saturated heterocycles. The zero-order valence-electron chi connectivity index (χ0n) is 11.3. The lowest BCUT2D eigenvalue weighted by atomic mass is 10.1. The first-order valence-electron chi connectivity index (χ1n) is 6.47. The predicted molar refractivity (Wildman–Crippen MR) is 83.1 cm³/mol. The number of rotatable bonds is 5. The van der Waals surface area contributed by atoms with Crippen molar-refractivity contribution in [3.8, 4) is 0 Å². The second kappa shape index (κ2) is 7.38. The molecule has 0 radical (unpaired) electrons. The van der Waals surface area contributed by atoms with E-state index in [1.165, 1.54) is 6.07 Å². The van der Waals surface area contributed by atoms with Gasteiger partial charge in [-0.25, -0.2) is 4.39 Å². The summed E-state index contributed by atoms with van der Waals surface area (Å²) in [5.41, 5.74) is 6.09. The number of amides is 1. The van der Waals surface area contributed by atoms with E-state index < -0.39 is 0 Å². The van der Waals surface area contributed by atoms with Crippen LogP contribution in [0, 0.1) is 11.7 Å². The molecule has 1 atom stereocenters. The van der Waals surface area contributed by atoms with Crippen LogP contribution in [0.1, 0.15) is 25.3 Å². The first kappa shape index (κ1) is 17.4. The lowest BCUT2D eigenvalue weighted by Gasteiger charge is -2.25. The van der Waals surface area contributed by atoms with E-state index >= 15 is 0 Å². The predicted octanol–water partition coefficient (Wildman–Crippen LogP) is 3.10. The maximum absolute atomic E-state index is 13.8. The average Bonchev–Trinajstić information content (AvgIpc) is 3.22. The molecule has 0 aromatic heterocycles. The molecule has 2 rings (SSSR count). The van der Waals surface area contributed by atoms with Crippen molar-refractivity contribution in [3.05, 3.63) is 34.1 Å². The van der Waals surface area contributed by atoms with Gasteiger partial charge in [0.2, 0.25) is 5.91 Å². The van der Waals surface area contributed by atoms with Gasteiger partial charge in [0.15, 0.2) is 0 Å². The van der Waals surface area contributed by atoms with Crippen molar-refractivity contribution in [2.45, 2.75) is 32.4 Å². The quantitative estimate of drug-likeness (QED) is 0.871. The monoisotopic (exact) mass is 364 g/mol. The largest absolute Gasteiger partial charge is 0.335 e. The van der Waals surface area contributed by atoms with Gasteiger partial charge in [0.25, 0.3) is 0 Å². The van der Waals surface area contributed by atoms with Gasteiger partial charge in [0.05, 0.1) is 0 Å². The summed E-state index contributed by atoms with van der Waals surface area (Å²) >= 11 is 3.33. The molecule has 1 saturated carbocycles. The summed E-state index contributed by atoms with van der Waals surface area (Å²) < 4.78 is 14.6. The number of hydrogen-bond donors (Lipinski definition) is 1. The Hall–Kier alpha value is -0.650. The Morgan fingerprint density at radius 1 is 1.55 bits per heavy atom. The van der Waals surface area contributed by atoms with Crippen molar-refractivity contribution in [1.82, 2.24) is 4.90 Å². The summed E-state index contributed by atoms with van der Waals surface area (Å²) in [4.78, 5) is 14.0. The van der Waals surface area contributed by atoms with Crippen molar-refractivity contribution in [3.63, 3.8) is 0 Å². The topological polar surface area (TPSA) is 46.3 Å². The maximum Gasteiger partial charge on any atom is 0.227 e. The van der Waals surface area contributed by atoms with Crippen LogP contribution in [0.3, 0.4) is 0 Å². The van der Waals surface area contributed by atoms with Crippen LogP contribution in [0.4, 0.5) is 4.39 Å². The first-order chi connectivity index (χ1) is 9.02. The van der Waals surface area contributed by atoms with Crippen LogP contribution in [0.15, 0.2) is 22.7 Å². The number of nitrogens with two attached hydrogens (primary N) is 1. The molecule has 1 aliphatic rings. The van der Waals surface area contributed by atoms with Crippen LogP contribution in [0.2, 0.25) is 0 Å². The molecule has 0 heterocycles. The smallest absolute Gasteiger partial charge is 0.227 e. The molecule has 1 aromatic rings. The lowest BCUT2D eigenvalue weighted by Crippen LogP contribution is -2.39. The van der Waals surface area contributed by atoms with Crippen molar-refractivity contribution < 1.29 is 9.18 Å². The van der Waals surface area contributed by atoms with Crippen LogP contribution < -0.4 is 5.73 Å². The molecule has 0 spiro atoms. The number of hydrogen-bond acceptors (Lipinski definition) is 2. The Bertz CT molecular complexity index is 482. The summed E-state index contributed by atoms with van der Waals surface area (Å²) in [7, 11) is 0. The molecule has 1 amide bonds. The van der Waals surface area contributed by atoms with Crippen molar-refractivity contribution in [1.29, 1.82) is 0 Å². The Labute approximate surface area is 133 Å². The van der Waals surface area contributed by atoms with Gasteiger partial charge >= 0.3 is 0 Å². The van der Waals surface area contributed by atoms with Gasteiger partial charge in [-0.05, 0) is 31.0 Å². The van der Waals surface area contributed by atoms with E-state index in [4.69, 9.17) is 5.73 Å². The second-order valence-electron chi connectivity index (χ2n) is 5.07. The molecule has 1 fully saturated rings. The van der Waals surface area contributed by atoms with Crippen LogP contribution in [-0.4, -0.2) is 23.4 Å². The highest BCUT2D eigenvalue weighted by atomic mass is 79.9. The van der Waals surface area contributed by atoms with Gasteiger partial charge in [-0.1, -0.05) is 22.9 Å². The molecule has 0 bridgehead atoms. The highest BCUT2D eigenvalue weighted by molar-refractivity contribution is 9.10. The highest BCUT2D eigenvalue weighted by Gasteiger charge is 2.34. The molecule has 1 aliphatic carbocycles. The summed E-state index contributed by atoms with van der Waals surface area (Å²) in [6.45, 7) is 2.46. The summed E-state index contributed by atoms with van der Waals surface area (Å²) in [6, 6.07) is 5.05. The molecule has 1 unspecified atom stereocenters. The first-order valence-corrected chi connectivity index (χ1v) is 7.26. The normalized spacial score (nSPS) is 15.4. The second-order valence-corrected chi connectivity index (χ2v) is 5.99. The van der Waals surface area contributed by atoms with Crippen molar-refractivity contribution >= 4 is 34.2 Å². The number of benzene rings is 1. The lowest BCUT2D eigenvalue weighted by molar-refractivity contribution is -0.135. The van der Waals surface area contributed by atoms with E-state index in [1.54, 1.807) is 17.0 Å². The SMILES string of the molecule is CC(CN)C(=O)N(Cc1cc(Br)ccc1F)C1CC1.Cl. The minimum atomic E-state index is -0.276. The fraction of sp³-hybridized carbons (Fsp3) is 0.500. The molecule has 6 heteroatoms. The van der Waals surface area contributed by atoms with E-state index in [0.717, 1.165) is 17.3 Å². The summed E-state index contributed by atoms with van der Waals surface area (Å²) in [5.74, 6) is -0.470. The van der Waals surface area contributed by atoms with Gasteiger partial charge in [0.1, 0.15) is 5.82 Å². The highest BCUT2D eigenvalue weighted by Crippen LogP contribution is 2.30. The average molecular weight is 366 g/mol. The van der Waals surface area contributed by atoms with Crippen LogP contribution in [-0.2, 0) is 11.3 Å². The standard InChI is InChI=1S/C14H18BrFN2O.ClH/c1-9(7-17)14(19)18(12-3-4-12)8-10-6-11(15)2-5-13(10)16;/h2,5-6,9,12H,3-4,7-8,17H2,1H3;1H. The Morgan fingerprint density at radius 3 is 2.75 bits per heavy atom. The number of carbonyl (C=O) groups is 1. The molecule has 112 valence electrons. The summed E-state index contributed by atoms with van der Waals surface area (Å²) in [5, 5.41) is 0. The van der Waals surface area contributed by atoms with Gasteiger partial charge < -0.3 is 10.6 Å². The fourth-order valence-corrected chi connectivity index (χ4v) is 2.41. The number of nitrogens with zero attached hydrogens (tertiary/aromatic N) is 1. The van der Waals surface area contributed by atoms with Crippen molar-refractivity contribution in [2.24, 2.45) is 11.7 Å². The minimum absolute atomic E-state index is 0. The van der Waals surface area contributed by atoms with E-state index in [1.807, 2.05) is 6.92 Å². The van der Waals surface area contributed by atoms with Gasteiger partial charge in [-0.2, -0.15) is 0 Å². The molecule has 3 nitrogen and oxygen atoms in total.